The highest BCUT2D eigenvalue weighted by Crippen LogP contribution is 2.32. The Hall–Kier alpha value is -3.67. The molecule has 0 saturated carbocycles. The molecule has 1 aliphatic heterocycles. The lowest BCUT2D eigenvalue weighted by molar-refractivity contribution is -0.142. The standard InChI is InChI=1S/C24H21NO5/c1-15-19-13-17(7-10-20(19)25-24(15)28)21(26)14-29-23(27)12-9-18-8-11-22(30-18)16-5-3-2-4-6-16/h2-8,10-11,13,15H,9,12,14H2,1H3,(H,25,28)/t15-/m0/s1. The Kier molecular flexibility index (Phi) is 5.48. The maximum absolute atomic E-state index is 12.4. The van der Waals surface area contributed by atoms with Gasteiger partial charge < -0.3 is 14.5 Å². The molecule has 4 rings (SSSR count). The summed E-state index contributed by atoms with van der Waals surface area (Å²) in [5, 5.41) is 2.76. The number of hydrogen-bond acceptors (Lipinski definition) is 5. The summed E-state index contributed by atoms with van der Waals surface area (Å²) in [6, 6.07) is 18.4. The third kappa shape index (κ3) is 4.17. The number of hydrogen-bond donors (Lipinski definition) is 1. The van der Waals surface area contributed by atoms with Crippen LogP contribution in [0.15, 0.2) is 65.1 Å². The Morgan fingerprint density at radius 2 is 1.87 bits per heavy atom. The molecule has 0 aliphatic carbocycles. The van der Waals surface area contributed by atoms with Gasteiger partial charge in [-0.05, 0) is 42.8 Å². The Morgan fingerprint density at radius 1 is 1.07 bits per heavy atom. The molecule has 6 heteroatoms. The minimum absolute atomic E-state index is 0.0885. The maximum Gasteiger partial charge on any atom is 0.306 e. The van der Waals surface area contributed by atoms with Gasteiger partial charge in [-0.3, -0.25) is 14.4 Å². The number of ether oxygens (including phenoxy) is 1. The molecular formula is C24H21NO5. The monoisotopic (exact) mass is 403 g/mol. The van der Waals surface area contributed by atoms with Crippen molar-refractivity contribution in [3.63, 3.8) is 0 Å². The van der Waals surface area contributed by atoms with Crippen LogP contribution < -0.4 is 5.32 Å². The second-order valence-electron chi connectivity index (χ2n) is 7.23. The van der Waals surface area contributed by atoms with Crippen LogP contribution in [0.3, 0.4) is 0 Å². The summed E-state index contributed by atoms with van der Waals surface area (Å²) < 4.78 is 10.9. The summed E-state index contributed by atoms with van der Waals surface area (Å²) in [5.74, 6) is 0.267. The Morgan fingerprint density at radius 3 is 2.67 bits per heavy atom. The molecule has 1 aliphatic rings. The van der Waals surface area contributed by atoms with E-state index in [1.165, 1.54) is 0 Å². The van der Waals surface area contributed by atoms with E-state index in [2.05, 4.69) is 5.32 Å². The average Bonchev–Trinajstić information content (AvgIpc) is 3.35. The van der Waals surface area contributed by atoms with Crippen molar-refractivity contribution in [1.29, 1.82) is 0 Å². The molecule has 2 aromatic carbocycles. The van der Waals surface area contributed by atoms with Crippen molar-refractivity contribution in [1.82, 2.24) is 0 Å². The van der Waals surface area contributed by atoms with Gasteiger partial charge in [0.25, 0.3) is 0 Å². The number of amides is 1. The molecule has 30 heavy (non-hydrogen) atoms. The fourth-order valence-corrected chi connectivity index (χ4v) is 3.39. The number of nitrogens with one attached hydrogen (secondary N) is 1. The van der Waals surface area contributed by atoms with Crippen LogP contribution in [0, 0.1) is 0 Å². The number of fused-ring (bicyclic) bond motifs is 1. The minimum Gasteiger partial charge on any atom is -0.461 e. The molecule has 3 aromatic rings. The van der Waals surface area contributed by atoms with Crippen LogP contribution in [0.2, 0.25) is 0 Å². The van der Waals surface area contributed by atoms with Gasteiger partial charge in [0, 0.05) is 23.2 Å². The SMILES string of the molecule is C[C@@H]1C(=O)Nc2ccc(C(=O)COC(=O)CCc3ccc(-c4ccccc4)o3)cc21. The lowest BCUT2D eigenvalue weighted by atomic mass is 9.99. The summed E-state index contributed by atoms with van der Waals surface area (Å²) in [6.07, 6.45) is 0.513. The van der Waals surface area contributed by atoms with E-state index in [-0.39, 0.29) is 30.6 Å². The summed E-state index contributed by atoms with van der Waals surface area (Å²) in [7, 11) is 0. The van der Waals surface area contributed by atoms with Gasteiger partial charge in [-0.15, -0.1) is 0 Å². The molecule has 0 unspecified atom stereocenters. The van der Waals surface area contributed by atoms with Gasteiger partial charge in [-0.25, -0.2) is 0 Å². The fraction of sp³-hybridized carbons (Fsp3) is 0.208. The van der Waals surface area contributed by atoms with Crippen molar-refractivity contribution in [2.75, 3.05) is 11.9 Å². The quantitative estimate of drug-likeness (QED) is 0.468. The number of Topliss-reactive ketones (excluding diaryl/α,β-unsaturated/α-hetero) is 1. The second kappa shape index (κ2) is 8.37. The summed E-state index contributed by atoms with van der Waals surface area (Å²) in [5.41, 5.74) is 2.89. The predicted molar refractivity (Wildman–Crippen MR) is 111 cm³/mol. The number of anilines is 1. The number of ketones is 1. The van der Waals surface area contributed by atoms with Crippen LogP contribution in [0.5, 0.6) is 0 Å². The molecule has 0 bridgehead atoms. The van der Waals surface area contributed by atoms with Gasteiger partial charge in [0.05, 0.1) is 12.3 Å². The zero-order valence-electron chi connectivity index (χ0n) is 16.5. The van der Waals surface area contributed by atoms with Gasteiger partial charge in [-0.2, -0.15) is 0 Å². The van der Waals surface area contributed by atoms with E-state index in [9.17, 15) is 14.4 Å². The topological polar surface area (TPSA) is 85.6 Å². The fourth-order valence-electron chi connectivity index (χ4n) is 3.39. The lowest BCUT2D eigenvalue weighted by Gasteiger charge is -2.07. The number of carbonyl (C=O) groups excluding carboxylic acids is 3. The molecule has 2 heterocycles. The number of carbonyl (C=O) groups is 3. The molecule has 1 amide bonds. The third-order valence-corrected chi connectivity index (χ3v) is 5.15. The number of furan rings is 1. The molecular weight excluding hydrogens is 382 g/mol. The average molecular weight is 403 g/mol. The first kappa shape index (κ1) is 19.6. The Balaban J connectivity index is 1.28. The summed E-state index contributed by atoms with van der Waals surface area (Å²) in [4.78, 5) is 36.1. The molecule has 0 fully saturated rings. The Labute approximate surface area is 173 Å². The summed E-state index contributed by atoms with van der Waals surface area (Å²) in [6.45, 7) is 1.45. The van der Waals surface area contributed by atoms with Crippen molar-refractivity contribution >= 4 is 23.3 Å². The molecule has 1 atom stereocenters. The van der Waals surface area contributed by atoms with Crippen molar-refractivity contribution in [2.45, 2.75) is 25.7 Å². The molecule has 0 spiro atoms. The van der Waals surface area contributed by atoms with Crippen LogP contribution in [-0.4, -0.2) is 24.3 Å². The van der Waals surface area contributed by atoms with Crippen molar-refractivity contribution in [2.24, 2.45) is 0 Å². The van der Waals surface area contributed by atoms with E-state index in [4.69, 9.17) is 9.15 Å². The largest absolute Gasteiger partial charge is 0.461 e. The van der Waals surface area contributed by atoms with Crippen LogP contribution in [0.1, 0.15) is 40.9 Å². The van der Waals surface area contributed by atoms with E-state index >= 15 is 0 Å². The number of esters is 1. The lowest BCUT2D eigenvalue weighted by Crippen LogP contribution is -2.14. The molecule has 6 nitrogen and oxygen atoms in total. The molecule has 152 valence electrons. The number of rotatable bonds is 7. The zero-order valence-corrected chi connectivity index (χ0v) is 16.5. The van der Waals surface area contributed by atoms with Gasteiger partial charge in [0.15, 0.2) is 12.4 Å². The van der Waals surface area contributed by atoms with Crippen LogP contribution in [-0.2, 0) is 20.7 Å². The van der Waals surface area contributed by atoms with E-state index in [1.54, 1.807) is 25.1 Å². The predicted octanol–water partition coefficient (Wildman–Crippen LogP) is 4.36. The second-order valence-corrected chi connectivity index (χ2v) is 7.23. The highest BCUT2D eigenvalue weighted by molar-refractivity contribution is 6.05. The number of benzene rings is 2. The first-order chi connectivity index (χ1) is 14.5. The van der Waals surface area contributed by atoms with Crippen LogP contribution in [0.4, 0.5) is 5.69 Å². The van der Waals surface area contributed by atoms with Crippen LogP contribution in [0.25, 0.3) is 11.3 Å². The van der Waals surface area contributed by atoms with E-state index in [0.717, 1.165) is 22.6 Å². The van der Waals surface area contributed by atoms with E-state index in [0.29, 0.717) is 17.7 Å². The van der Waals surface area contributed by atoms with Crippen molar-refractivity contribution in [3.8, 4) is 11.3 Å². The smallest absolute Gasteiger partial charge is 0.306 e. The Bertz CT molecular complexity index is 1100. The van der Waals surface area contributed by atoms with Crippen molar-refractivity contribution < 1.29 is 23.5 Å². The third-order valence-electron chi connectivity index (χ3n) is 5.15. The van der Waals surface area contributed by atoms with Gasteiger partial charge in [0.2, 0.25) is 5.91 Å². The first-order valence-electron chi connectivity index (χ1n) is 9.79. The molecule has 1 N–H and O–H groups in total. The molecule has 0 saturated heterocycles. The highest BCUT2D eigenvalue weighted by Gasteiger charge is 2.27. The minimum atomic E-state index is -0.465. The maximum atomic E-state index is 12.4. The van der Waals surface area contributed by atoms with Crippen LogP contribution >= 0.6 is 0 Å². The highest BCUT2D eigenvalue weighted by atomic mass is 16.5. The van der Waals surface area contributed by atoms with E-state index < -0.39 is 5.97 Å². The summed E-state index contributed by atoms with van der Waals surface area (Å²) >= 11 is 0. The van der Waals surface area contributed by atoms with Gasteiger partial charge >= 0.3 is 5.97 Å². The number of aryl methyl sites for hydroxylation is 1. The molecule has 0 radical (unpaired) electrons. The molecule has 1 aromatic heterocycles. The van der Waals surface area contributed by atoms with Gasteiger partial charge in [0.1, 0.15) is 11.5 Å². The first-order valence-corrected chi connectivity index (χ1v) is 9.79. The normalized spacial score (nSPS) is 14.8. The zero-order chi connectivity index (χ0) is 21.1. The van der Waals surface area contributed by atoms with E-state index in [1.807, 2.05) is 42.5 Å². The van der Waals surface area contributed by atoms with Gasteiger partial charge in [-0.1, -0.05) is 30.3 Å². The van der Waals surface area contributed by atoms with Crippen molar-refractivity contribution in [3.05, 3.63) is 77.6 Å².